The number of aryl methyl sites for hydroxylation is 1. The minimum absolute atomic E-state index is 0.0268. The molecule has 0 bridgehead atoms. The molecule has 1 heterocycles. The summed E-state index contributed by atoms with van der Waals surface area (Å²) in [6.07, 6.45) is 2.18. The van der Waals surface area contributed by atoms with E-state index in [1.807, 2.05) is 46.8 Å². The number of carboxylic acid groups (broad SMARTS) is 1. The number of aromatic hydroxyl groups is 2. The second-order valence-electron chi connectivity index (χ2n) is 12.8. The quantitative estimate of drug-likeness (QED) is 0.156. The van der Waals surface area contributed by atoms with Crippen LogP contribution < -0.4 is 10.6 Å². The number of rotatable bonds is 13. The summed E-state index contributed by atoms with van der Waals surface area (Å²) in [5.74, 6) is -1.50. The van der Waals surface area contributed by atoms with E-state index in [2.05, 4.69) is 10.6 Å². The number of carbonyl (C=O) groups is 3. The van der Waals surface area contributed by atoms with Gasteiger partial charge >= 0.3 is 5.97 Å². The lowest BCUT2D eigenvalue weighted by atomic mass is 9.94. The summed E-state index contributed by atoms with van der Waals surface area (Å²) in [4.78, 5) is 42.2. The number of anilines is 1. The van der Waals surface area contributed by atoms with E-state index < -0.39 is 22.5 Å². The fraction of sp³-hybridized carbons (Fsp3) is 0.412. The van der Waals surface area contributed by atoms with Gasteiger partial charge in [0.15, 0.2) is 11.5 Å². The minimum Gasteiger partial charge on any atom is -0.504 e. The van der Waals surface area contributed by atoms with E-state index in [4.69, 9.17) is 14.8 Å². The predicted molar refractivity (Wildman–Crippen MR) is 167 cm³/mol. The molecule has 10 heteroatoms. The molecule has 1 fully saturated rings. The highest BCUT2D eigenvalue weighted by Gasteiger charge is 2.51. The highest BCUT2D eigenvalue weighted by Crippen LogP contribution is 2.50. The largest absolute Gasteiger partial charge is 0.504 e. The van der Waals surface area contributed by atoms with Crippen LogP contribution in [0.4, 0.5) is 5.82 Å². The molecule has 0 unspecified atom stereocenters. The van der Waals surface area contributed by atoms with E-state index in [1.165, 1.54) is 12.1 Å². The van der Waals surface area contributed by atoms with Crippen LogP contribution in [0.5, 0.6) is 11.5 Å². The van der Waals surface area contributed by atoms with Crippen LogP contribution in [0.1, 0.15) is 81.3 Å². The molecule has 0 saturated heterocycles. The van der Waals surface area contributed by atoms with Gasteiger partial charge in [0.25, 0.3) is 5.91 Å². The van der Waals surface area contributed by atoms with E-state index in [9.17, 15) is 24.6 Å². The van der Waals surface area contributed by atoms with Gasteiger partial charge in [-0.3, -0.25) is 14.4 Å². The average molecular weight is 604 g/mol. The van der Waals surface area contributed by atoms with E-state index in [0.29, 0.717) is 54.9 Å². The molecule has 1 aromatic heterocycles. The van der Waals surface area contributed by atoms with E-state index >= 15 is 0 Å². The zero-order chi connectivity index (χ0) is 32.3. The Balaban J connectivity index is 1.43. The first kappa shape index (κ1) is 32.5. The first-order valence-electron chi connectivity index (χ1n) is 14.7. The highest BCUT2D eigenvalue weighted by molar-refractivity contribution is 6.01. The maximum atomic E-state index is 13.3. The number of phenols is 2. The molecule has 0 aliphatic heterocycles. The van der Waals surface area contributed by atoms with Crippen molar-refractivity contribution in [2.75, 3.05) is 11.9 Å². The first-order valence-corrected chi connectivity index (χ1v) is 14.7. The van der Waals surface area contributed by atoms with Crippen LogP contribution >= 0.6 is 0 Å². The molecule has 0 atom stereocenters. The van der Waals surface area contributed by atoms with Gasteiger partial charge in [-0.1, -0.05) is 24.3 Å². The van der Waals surface area contributed by atoms with Gasteiger partial charge in [0, 0.05) is 29.7 Å². The third-order valence-electron chi connectivity index (χ3n) is 8.06. The summed E-state index contributed by atoms with van der Waals surface area (Å²) >= 11 is 0. The number of nitrogens with zero attached hydrogens (tertiary/aromatic N) is 1. The van der Waals surface area contributed by atoms with Crippen LogP contribution in [0.15, 0.2) is 54.6 Å². The van der Waals surface area contributed by atoms with Gasteiger partial charge < -0.3 is 30.7 Å². The van der Waals surface area contributed by atoms with Crippen LogP contribution in [-0.4, -0.2) is 55.8 Å². The molecular weight excluding hydrogens is 562 g/mol. The number of aliphatic carboxylic acids is 1. The Bertz CT molecular complexity index is 1560. The van der Waals surface area contributed by atoms with E-state index in [-0.39, 0.29) is 29.7 Å². The summed E-state index contributed by atoms with van der Waals surface area (Å²) < 4.78 is 5.92. The molecule has 5 N–H and O–H groups in total. The Morgan fingerprint density at radius 1 is 0.955 bits per heavy atom. The molecule has 44 heavy (non-hydrogen) atoms. The lowest BCUT2D eigenvalue weighted by molar-refractivity contribution is -0.139. The molecule has 3 aromatic rings. The second-order valence-corrected chi connectivity index (χ2v) is 12.8. The number of benzene rings is 2. The fourth-order valence-electron chi connectivity index (χ4n) is 5.03. The molecule has 10 nitrogen and oxygen atoms in total. The molecule has 2 amide bonds. The Morgan fingerprint density at radius 2 is 1.68 bits per heavy atom. The van der Waals surface area contributed by atoms with Crippen LogP contribution in [0.25, 0.3) is 11.3 Å². The van der Waals surface area contributed by atoms with Crippen molar-refractivity contribution >= 4 is 23.6 Å². The van der Waals surface area contributed by atoms with Gasteiger partial charge in [0.05, 0.1) is 16.7 Å². The van der Waals surface area contributed by atoms with Crippen molar-refractivity contribution in [2.24, 2.45) is 0 Å². The third-order valence-corrected chi connectivity index (χ3v) is 8.06. The molecule has 1 aliphatic carbocycles. The monoisotopic (exact) mass is 603 g/mol. The fourth-order valence-corrected chi connectivity index (χ4v) is 5.03. The highest BCUT2D eigenvalue weighted by atomic mass is 16.5. The Labute approximate surface area is 257 Å². The Kier molecular flexibility index (Phi) is 9.34. The predicted octanol–water partition coefficient (Wildman–Crippen LogP) is 5.70. The maximum Gasteiger partial charge on any atom is 0.303 e. The van der Waals surface area contributed by atoms with Gasteiger partial charge in [-0.2, -0.15) is 0 Å². The first-order chi connectivity index (χ1) is 20.6. The molecular formula is C34H41N3O7. The second kappa shape index (κ2) is 12.7. The molecule has 1 saturated carbocycles. The standard InChI is InChI=1S/C34H41N3O7/c1-21-9-12-27(36-31(43)34(15-16-34)24-10-11-25(38)26(39)20-24)35-29(21)22-7-6-8-23(19-22)30(42)37-32(2,3)17-18-44-33(4,5)14-13-28(40)41/h6-12,19-20,38-39H,13-18H2,1-5H3,(H,37,42)(H,40,41)(H,35,36,43). The van der Waals surface area contributed by atoms with Gasteiger partial charge in [0.1, 0.15) is 5.82 Å². The Morgan fingerprint density at radius 3 is 2.34 bits per heavy atom. The van der Waals surface area contributed by atoms with Gasteiger partial charge in [0.2, 0.25) is 5.91 Å². The van der Waals surface area contributed by atoms with E-state index in [0.717, 1.165) is 11.1 Å². The minimum atomic E-state index is -0.863. The van der Waals surface area contributed by atoms with Crippen LogP contribution in [-0.2, 0) is 19.7 Å². The SMILES string of the molecule is Cc1ccc(NC(=O)C2(c3ccc(O)c(O)c3)CC2)nc1-c1cccc(C(=O)NC(C)(C)CCOC(C)(C)CCC(=O)O)c1. The van der Waals surface area contributed by atoms with Crippen LogP contribution in [0, 0.1) is 6.92 Å². The number of carboxylic acids is 1. The number of ether oxygens (including phenoxy) is 1. The number of pyridine rings is 1. The third kappa shape index (κ3) is 7.93. The average Bonchev–Trinajstić information content (AvgIpc) is 3.76. The topological polar surface area (TPSA) is 158 Å². The molecule has 2 aromatic carbocycles. The molecule has 0 spiro atoms. The van der Waals surface area contributed by atoms with Crippen molar-refractivity contribution in [1.82, 2.24) is 10.3 Å². The van der Waals surface area contributed by atoms with Crippen LogP contribution in [0.2, 0.25) is 0 Å². The molecule has 234 valence electrons. The lowest BCUT2D eigenvalue weighted by Gasteiger charge is -2.30. The normalized spacial score (nSPS) is 14.1. The summed E-state index contributed by atoms with van der Waals surface area (Å²) in [7, 11) is 0. The smallest absolute Gasteiger partial charge is 0.303 e. The van der Waals surface area contributed by atoms with Gasteiger partial charge in [-0.05, 0) is 102 Å². The summed E-state index contributed by atoms with van der Waals surface area (Å²) in [5.41, 5.74) is 1.35. The van der Waals surface area contributed by atoms with Crippen molar-refractivity contribution in [3.05, 3.63) is 71.3 Å². The van der Waals surface area contributed by atoms with Gasteiger partial charge in [-0.25, -0.2) is 4.98 Å². The lowest BCUT2D eigenvalue weighted by Crippen LogP contribution is -2.44. The maximum absolute atomic E-state index is 13.3. The molecule has 4 rings (SSSR count). The van der Waals surface area contributed by atoms with Crippen molar-refractivity contribution < 1.29 is 34.4 Å². The summed E-state index contributed by atoms with van der Waals surface area (Å²) in [6.45, 7) is 9.79. The number of hydrogen-bond acceptors (Lipinski definition) is 7. The summed E-state index contributed by atoms with van der Waals surface area (Å²) in [5, 5.41) is 34.5. The zero-order valence-corrected chi connectivity index (χ0v) is 25.9. The number of phenolic OH excluding ortho intramolecular Hbond substituents is 2. The number of hydrogen-bond donors (Lipinski definition) is 5. The van der Waals surface area contributed by atoms with Crippen molar-refractivity contribution in [1.29, 1.82) is 0 Å². The van der Waals surface area contributed by atoms with Crippen molar-refractivity contribution in [2.45, 2.75) is 83.3 Å². The summed E-state index contributed by atoms with van der Waals surface area (Å²) in [6, 6.07) is 15.2. The number of carbonyl (C=O) groups excluding carboxylic acids is 2. The number of aromatic nitrogens is 1. The molecule has 1 aliphatic rings. The Hall–Kier alpha value is -4.44. The van der Waals surface area contributed by atoms with Crippen LogP contribution in [0.3, 0.4) is 0 Å². The van der Waals surface area contributed by atoms with Crippen molar-refractivity contribution in [3.63, 3.8) is 0 Å². The van der Waals surface area contributed by atoms with Gasteiger partial charge in [-0.15, -0.1) is 0 Å². The zero-order valence-electron chi connectivity index (χ0n) is 25.9. The number of nitrogens with one attached hydrogen (secondary N) is 2. The van der Waals surface area contributed by atoms with Crippen molar-refractivity contribution in [3.8, 4) is 22.8 Å². The number of amides is 2. The molecule has 0 radical (unpaired) electrons. The van der Waals surface area contributed by atoms with E-state index in [1.54, 1.807) is 30.3 Å².